The molecule has 2 unspecified atom stereocenters. The summed E-state index contributed by atoms with van der Waals surface area (Å²) in [5.41, 5.74) is -6.57. The van der Waals surface area contributed by atoms with E-state index in [1.807, 2.05) is 0 Å². The molecule has 1 aromatic rings. The van der Waals surface area contributed by atoms with Crippen molar-refractivity contribution < 1.29 is 76.3 Å². The molecule has 2 N–H and O–H groups in total. The number of alkyl halides is 1. The molecule has 5 rings (SSSR count). The first-order valence-electron chi connectivity index (χ1n) is 13.3. The van der Waals surface area contributed by atoms with Crippen molar-refractivity contribution in [1.29, 1.82) is 0 Å². The van der Waals surface area contributed by atoms with Gasteiger partial charge in [-0.05, 0) is 74.3 Å². The molecule has 3 fully saturated rings. The zero-order chi connectivity index (χ0) is 29.5. The molecule has 0 radical (unpaired) electrons. The van der Waals surface area contributed by atoms with Gasteiger partial charge in [-0.3, -0.25) is 13.8 Å². The van der Waals surface area contributed by atoms with Gasteiger partial charge < -0.3 is 20.1 Å². The SMILES string of the molecule is C[C@@H]1CC2C3CCC4=CC(=O)C=C[C@]4(C)[C@@]3(F)[C@@H](O)C[C@]2(C)[C@@]1(O)C(=O)COS(=O)(=O)c1cccc(C(=O)[O-])c1.[Na+]. The Kier molecular flexibility index (Phi) is 8.22. The molecule has 0 spiro atoms. The Morgan fingerprint density at radius 3 is 2.56 bits per heavy atom. The molecule has 0 aromatic heterocycles. The zero-order valence-electron chi connectivity index (χ0n) is 23.4. The summed E-state index contributed by atoms with van der Waals surface area (Å²) in [5, 5.41) is 34.5. The fraction of sp³-hybridized carbons (Fsp3) is 0.552. The van der Waals surface area contributed by atoms with Gasteiger partial charge in [-0.2, -0.15) is 8.42 Å². The monoisotopic (exact) mass is 598 g/mol. The Morgan fingerprint density at radius 2 is 1.90 bits per heavy atom. The predicted molar refractivity (Wildman–Crippen MR) is 137 cm³/mol. The van der Waals surface area contributed by atoms with Crippen molar-refractivity contribution in [3.05, 3.63) is 53.6 Å². The van der Waals surface area contributed by atoms with Gasteiger partial charge in [0.25, 0.3) is 10.1 Å². The van der Waals surface area contributed by atoms with Gasteiger partial charge in [0, 0.05) is 16.7 Å². The number of carboxylic acid groups (broad SMARTS) is 1. The first-order valence-corrected chi connectivity index (χ1v) is 14.7. The van der Waals surface area contributed by atoms with E-state index < -0.39 is 84.9 Å². The second-order valence-corrected chi connectivity index (χ2v) is 13.7. The van der Waals surface area contributed by atoms with Crippen LogP contribution in [0.3, 0.4) is 0 Å². The second kappa shape index (κ2) is 10.5. The van der Waals surface area contributed by atoms with Crippen LogP contribution in [0, 0.1) is 28.6 Å². The topological polar surface area (TPSA) is 158 Å². The van der Waals surface area contributed by atoms with Crippen LogP contribution < -0.4 is 34.7 Å². The van der Waals surface area contributed by atoms with Gasteiger partial charge in [-0.1, -0.05) is 37.6 Å². The van der Waals surface area contributed by atoms with E-state index in [1.54, 1.807) is 20.8 Å². The molecule has 216 valence electrons. The largest absolute Gasteiger partial charge is 1.00 e. The fourth-order valence-electron chi connectivity index (χ4n) is 8.23. The molecule has 0 saturated heterocycles. The number of allylic oxidation sites excluding steroid dienone is 4. The van der Waals surface area contributed by atoms with Crippen LogP contribution >= 0.6 is 0 Å². The number of aliphatic hydroxyl groups is 2. The summed E-state index contributed by atoms with van der Waals surface area (Å²) in [6.07, 6.45) is 3.42. The zero-order valence-corrected chi connectivity index (χ0v) is 26.2. The van der Waals surface area contributed by atoms with Crippen molar-refractivity contribution >= 4 is 27.7 Å². The first-order chi connectivity index (χ1) is 18.5. The number of benzene rings is 1. The molecule has 4 aliphatic carbocycles. The van der Waals surface area contributed by atoms with Gasteiger partial charge in [0.1, 0.15) is 12.2 Å². The smallest absolute Gasteiger partial charge is 0.545 e. The molecule has 0 bridgehead atoms. The molecule has 0 heterocycles. The summed E-state index contributed by atoms with van der Waals surface area (Å²) in [6, 6.07) is 4.29. The number of hydrogen-bond acceptors (Lipinski definition) is 9. The Labute approximate surface area is 260 Å². The van der Waals surface area contributed by atoms with E-state index in [1.165, 1.54) is 24.3 Å². The number of aromatic carboxylic acids is 1. The van der Waals surface area contributed by atoms with E-state index in [0.717, 1.165) is 18.2 Å². The Hall–Kier alpha value is -1.73. The number of aliphatic hydroxyl groups excluding tert-OH is 1. The fourth-order valence-corrected chi connectivity index (χ4v) is 9.14. The summed E-state index contributed by atoms with van der Waals surface area (Å²) in [4.78, 5) is 36.2. The number of hydrogen-bond donors (Lipinski definition) is 2. The summed E-state index contributed by atoms with van der Waals surface area (Å²) < 4.78 is 47.7. The maximum Gasteiger partial charge on any atom is 1.00 e. The molecule has 9 nitrogen and oxygen atoms in total. The maximum atomic E-state index is 17.3. The third-order valence-electron chi connectivity index (χ3n) is 10.4. The van der Waals surface area contributed by atoms with Gasteiger partial charge in [0.15, 0.2) is 17.2 Å². The minimum absolute atomic E-state index is 0. The van der Waals surface area contributed by atoms with Crippen LogP contribution in [0.1, 0.15) is 56.8 Å². The van der Waals surface area contributed by atoms with Gasteiger partial charge in [0.05, 0.1) is 17.0 Å². The van der Waals surface area contributed by atoms with E-state index in [-0.39, 0.29) is 48.2 Å². The van der Waals surface area contributed by atoms with Crippen LogP contribution in [0.5, 0.6) is 0 Å². The summed E-state index contributed by atoms with van der Waals surface area (Å²) in [7, 11) is -4.57. The average molecular weight is 599 g/mol. The molecular formula is C29H32FNaO9S. The van der Waals surface area contributed by atoms with Gasteiger partial charge >= 0.3 is 29.6 Å². The molecule has 3 saturated carbocycles. The number of ketones is 2. The van der Waals surface area contributed by atoms with Crippen molar-refractivity contribution in [2.24, 2.45) is 28.6 Å². The number of rotatable bonds is 6. The third-order valence-corrected chi connectivity index (χ3v) is 11.6. The van der Waals surface area contributed by atoms with Crippen LogP contribution in [0.25, 0.3) is 0 Å². The van der Waals surface area contributed by atoms with Crippen LogP contribution in [-0.2, 0) is 23.9 Å². The van der Waals surface area contributed by atoms with E-state index in [9.17, 15) is 38.1 Å². The number of carboxylic acids is 1. The van der Waals surface area contributed by atoms with Crippen molar-refractivity contribution in [3.63, 3.8) is 0 Å². The Morgan fingerprint density at radius 1 is 1.22 bits per heavy atom. The minimum Gasteiger partial charge on any atom is -0.545 e. The third kappa shape index (κ3) is 4.46. The second-order valence-electron chi connectivity index (χ2n) is 12.1. The van der Waals surface area contributed by atoms with E-state index in [2.05, 4.69) is 0 Å². The van der Waals surface area contributed by atoms with Crippen molar-refractivity contribution in [3.8, 4) is 0 Å². The average Bonchev–Trinajstić information content (AvgIpc) is 3.10. The van der Waals surface area contributed by atoms with E-state index in [0.29, 0.717) is 18.4 Å². The van der Waals surface area contributed by atoms with Crippen molar-refractivity contribution in [2.45, 2.75) is 68.7 Å². The standard InChI is InChI=1S/C29H33FO9S.Na/c1-16-11-22-21-8-7-18-13-19(31)9-10-26(18,2)28(21,30)23(32)14-27(22,3)29(16,36)24(33)15-39-40(37,38)20-6-4-5-17(12-20)25(34)35;/h4-6,9-10,12-13,16,21-23,32,36H,7-8,11,14-15H2,1-3H3,(H,34,35);/q;+1/p-1/t16-,21?,22?,23+,26+,27+,28+,29+;/m1./s1. The van der Waals surface area contributed by atoms with Crippen LogP contribution in [-0.4, -0.2) is 60.1 Å². The molecule has 0 amide bonds. The Balaban J connectivity index is 0.00000387. The molecule has 0 aliphatic heterocycles. The van der Waals surface area contributed by atoms with Crippen LogP contribution in [0.2, 0.25) is 0 Å². The van der Waals surface area contributed by atoms with Crippen molar-refractivity contribution in [2.75, 3.05) is 6.61 Å². The molecule has 8 atom stereocenters. The Bertz CT molecular complexity index is 1470. The van der Waals surface area contributed by atoms with Gasteiger partial charge in [-0.25, -0.2) is 4.39 Å². The normalized spacial score (nSPS) is 39.6. The molecule has 1 aromatic carbocycles. The minimum atomic E-state index is -4.57. The number of fused-ring (bicyclic) bond motifs is 5. The number of halogens is 1. The number of carbonyl (C=O) groups excluding carboxylic acids is 3. The number of Topliss-reactive ketones (excluding diaryl/α,β-unsaturated/α-hetero) is 1. The van der Waals surface area contributed by atoms with Crippen molar-refractivity contribution in [1.82, 2.24) is 0 Å². The summed E-state index contributed by atoms with van der Waals surface area (Å²) in [5.74, 6) is -4.71. The van der Waals surface area contributed by atoms with Gasteiger partial charge in [-0.15, -0.1) is 0 Å². The molecular weight excluding hydrogens is 566 g/mol. The first kappa shape index (κ1) is 32.2. The van der Waals surface area contributed by atoms with Crippen LogP contribution in [0.15, 0.2) is 53.0 Å². The number of carbonyl (C=O) groups is 3. The van der Waals surface area contributed by atoms with E-state index >= 15 is 4.39 Å². The summed E-state index contributed by atoms with van der Waals surface area (Å²) in [6.45, 7) is 3.91. The van der Waals surface area contributed by atoms with E-state index in [4.69, 9.17) is 4.18 Å². The maximum absolute atomic E-state index is 17.3. The quantitative estimate of drug-likeness (QED) is 0.299. The van der Waals surface area contributed by atoms with Gasteiger partial charge in [0.2, 0.25) is 0 Å². The van der Waals surface area contributed by atoms with Crippen LogP contribution in [0.4, 0.5) is 4.39 Å². The summed E-state index contributed by atoms with van der Waals surface area (Å²) >= 11 is 0. The molecule has 41 heavy (non-hydrogen) atoms. The predicted octanol–water partition coefficient (Wildman–Crippen LogP) is -1.32. The molecule has 4 aliphatic rings. The molecule has 12 heteroatoms.